The van der Waals surface area contributed by atoms with Crippen molar-refractivity contribution in [2.24, 2.45) is 0 Å². The molecule has 0 fully saturated rings. The van der Waals surface area contributed by atoms with Crippen LogP contribution in [0.25, 0.3) is 0 Å². The molecule has 2 amide bonds. The highest BCUT2D eigenvalue weighted by atomic mass is 35.5. The summed E-state index contributed by atoms with van der Waals surface area (Å²) in [6.45, 7) is 1.80. The van der Waals surface area contributed by atoms with Gasteiger partial charge in [0.1, 0.15) is 22.3 Å². The monoisotopic (exact) mass is 484 g/mol. The van der Waals surface area contributed by atoms with Crippen LogP contribution >= 0.6 is 23.2 Å². The molecule has 3 aromatic rings. The van der Waals surface area contributed by atoms with E-state index in [2.05, 4.69) is 5.32 Å². The third kappa shape index (κ3) is 4.60. The average Bonchev–Trinajstić information content (AvgIpc) is 3.01. The molecule has 0 bridgehead atoms. The van der Waals surface area contributed by atoms with Crippen LogP contribution in [0.1, 0.15) is 15.9 Å². The fraction of sp³-hybridized carbons (Fsp3) is 0.0417. The number of aryl methyl sites for hydroxylation is 1. The molecule has 0 spiro atoms. The van der Waals surface area contributed by atoms with Gasteiger partial charge in [-0.1, -0.05) is 29.3 Å². The van der Waals surface area contributed by atoms with Crippen LogP contribution in [-0.2, 0) is 9.59 Å². The Balaban J connectivity index is 1.48. The quantitative estimate of drug-likeness (QED) is 0.296. The van der Waals surface area contributed by atoms with Crippen LogP contribution < -0.4 is 15.0 Å². The van der Waals surface area contributed by atoms with Crippen LogP contribution in [-0.4, -0.2) is 17.8 Å². The van der Waals surface area contributed by atoms with Crippen molar-refractivity contribution in [3.63, 3.8) is 0 Å². The first-order chi connectivity index (χ1) is 15.7. The van der Waals surface area contributed by atoms with E-state index in [9.17, 15) is 18.8 Å². The molecular formula is C24H15Cl2FN2O4. The van der Waals surface area contributed by atoms with Crippen LogP contribution in [0.15, 0.2) is 77.5 Å². The first-order valence-electron chi connectivity index (χ1n) is 9.64. The molecule has 0 atom stereocenters. The van der Waals surface area contributed by atoms with E-state index in [1.54, 1.807) is 19.1 Å². The lowest BCUT2D eigenvalue weighted by Crippen LogP contribution is -2.32. The minimum Gasteiger partial charge on any atom is -0.423 e. The summed E-state index contributed by atoms with van der Waals surface area (Å²) < 4.78 is 18.2. The number of benzene rings is 3. The van der Waals surface area contributed by atoms with Crippen LogP contribution in [0.5, 0.6) is 5.75 Å². The van der Waals surface area contributed by atoms with Crippen molar-refractivity contribution in [1.82, 2.24) is 0 Å². The number of nitrogens with zero attached hydrogens (tertiary/aromatic N) is 1. The topological polar surface area (TPSA) is 75.7 Å². The maximum absolute atomic E-state index is 13.0. The predicted octanol–water partition coefficient (Wildman–Crippen LogP) is 5.44. The number of halogens is 3. The van der Waals surface area contributed by atoms with E-state index in [0.717, 1.165) is 10.5 Å². The Morgan fingerprint density at radius 3 is 2.24 bits per heavy atom. The lowest BCUT2D eigenvalue weighted by Gasteiger charge is -2.16. The fourth-order valence-electron chi connectivity index (χ4n) is 3.07. The van der Waals surface area contributed by atoms with Crippen molar-refractivity contribution in [2.45, 2.75) is 6.92 Å². The van der Waals surface area contributed by atoms with Gasteiger partial charge in [0.2, 0.25) is 0 Å². The van der Waals surface area contributed by atoms with Gasteiger partial charge in [0.05, 0.1) is 11.3 Å². The SMILES string of the molecule is Cc1ccc(N2C(=O)C(Cl)=C(Nc3ccc(C(=O)Oc4ccc(F)cc4)cc3)C2=O)cc1Cl. The first-order valence-corrected chi connectivity index (χ1v) is 10.4. The van der Waals surface area contributed by atoms with Crippen molar-refractivity contribution in [2.75, 3.05) is 10.2 Å². The summed E-state index contributed by atoms with van der Waals surface area (Å²) in [7, 11) is 0. The molecule has 0 unspecified atom stereocenters. The zero-order valence-corrected chi connectivity index (χ0v) is 18.6. The molecule has 1 heterocycles. The van der Waals surface area contributed by atoms with E-state index < -0.39 is 23.6 Å². The standard InChI is InChI=1S/C24H15Cl2FN2O4/c1-13-2-9-17(12-19(13)25)29-22(30)20(26)21(23(29)31)28-16-7-3-14(4-8-16)24(32)33-18-10-5-15(27)6-11-18/h2-12,28H,1H3. The number of esters is 1. The second-order valence-electron chi connectivity index (χ2n) is 7.11. The Labute approximate surface area is 198 Å². The van der Waals surface area contributed by atoms with Gasteiger partial charge in [0.15, 0.2) is 0 Å². The zero-order chi connectivity index (χ0) is 23.7. The molecule has 0 aromatic heterocycles. The van der Waals surface area contributed by atoms with Gasteiger partial charge in [-0.05, 0) is 73.2 Å². The third-order valence-electron chi connectivity index (χ3n) is 4.86. The minimum atomic E-state index is -0.677. The Kier molecular flexibility index (Phi) is 6.18. The Hall–Kier alpha value is -3.68. The third-order valence-corrected chi connectivity index (χ3v) is 5.61. The molecule has 33 heavy (non-hydrogen) atoms. The van der Waals surface area contributed by atoms with E-state index in [1.165, 1.54) is 54.6 Å². The van der Waals surface area contributed by atoms with Gasteiger partial charge < -0.3 is 10.1 Å². The molecular weight excluding hydrogens is 470 g/mol. The summed E-state index contributed by atoms with van der Waals surface area (Å²) in [4.78, 5) is 38.7. The van der Waals surface area contributed by atoms with E-state index in [0.29, 0.717) is 16.4 Å². The molecule has 1 aliphatic rings. The van der Waals surface area contributed by atoms with Gasteiger partial charge in [-0.15, -0.1) is 0 Å². The second-order valence-corrected chi connectivity index (χ2v) is 7.90. The number of carbonyl (C=O) groups is 3. The highest BCUT2D eigenvalue weighted by molar-refractivity contribution is 6.53. The zero-order valence-electron chi connectivity index (χ0n) is 17.1. The number of amides is 2. The van der Waals surface area contributed by atoms with Gasteiger partial charge in [0.25, 0.3) is 11.8 Å². The Bertz CT molecular complexity index is 1310. The Morgan fingerprint density at radius 2 is 1.61 bits per heavy atom. The number of carbonyl (C=O) groups excluding carboxylic acids is 3. The molecule has 1 N–H and O–H groups in total. The number of hydrogen-bond donors (Lipinski definition) is 1. The number of hydrogen-bond acceptors (Lipinski definition) is 5. The summed E-state index contributed by atoms with van der Waals surface area (Å²) in [5.41, 5.74) is 1.66. The second kappa shape index (κ2) is 9.05. The van der Waals surface area contributed by atoms with E-state index in [1.807, 2.05) is 0 Å². The number of ether oxygens (including phenoxy) is 1. The minimum absolute atomic E-state index is 0.0972. The summed E-state index contributed by atoms with van der Waals surface area (Å²) in [5, 5.41) is 2.97. The number of anilines is 2. The predicted molar refractivity (Wildman–Crippen MR) is 123 cm³/mol. The molecule has 3 aromatic carbocycles. The van der Waals surface area contributed by atoms with Gasteiger partial charge in [-0.3, -0.25) is 9.59 Å². The van der Waals surface area contributed by atoms with E-state index >= 15 is 0 Å². The number of imide groups is 1. The molecule has 0 aliphatic carbocycles. The molecule has 4 rings (SSSR count). The Morgan fingerprint density at radius 1 is 0.939 bits per heavy atom. The van der Waals surface area contributed by atoms with Crippen molar-refractivity contribution in [1.29, 1.82) is 0 Å². The van der Waals surface area contributed by atoms with E-state index in [4.69, 9.17) is 27.9 Å². The summed E-state index contributed by atoms with van der Waals surface area (Å²) in [5.74, 6) is -2.19. The van der Waals surface area contributed by atoms with Crippen molar-refractivity contribution < 1.29 is 23.5 Å². The van der Waals surface area contributed by atoms with Crippen LogP contribution in [0.2, 0.25) is 5.02 Å². The maximum Gasteiger partial charge on any atom is 0.343 e. The highest BCUT2D eigenvalue weighted by Gasteiger charge is 2.39. The van der Waals surface area contributed by atoms with Crippen LogP contribution in [0.3, 0.4) is 0 Å². The van der Waals surface area contributed by atoms with Crippen molar-refractivity contribution in [3.05, 3.63) is 99.4 Å². The normalized spacial score (nSPS) is 13.5. The van der Waals surface area contributed by atoms with Crippen molar-refractivity contribution >= 4 is 52.4 Å². The van der Waals surface area contributed by atoms with Crippen molar-refractivity contribution in [3.8, 4) is 5.75 Å². The molecule has 0 saturated carbocycles. The number of rotatable bonds is 5. The summed E-state index contributed by atoms with van der Waals surface area (Å²) in [6.07, 6.45) is 0. The summed E-state index contributed by atoms with van der Waals surface area (Å²) in [6, 6.07) is 15.9. The lowest BCUT2D eigenvalue weighted by atomic mass is 10.2. The molecule has 0 radical (unpaired) electrons. The van der Waals surface area contributed by atoms with E-state index in [-0.39, 0.29) is 22.0 Å². The number of nitrogens with one attached hydrogen (secondary N) is 1. The van der Waals surface area contributed by atoms with Crippen LogP contribution in [0, 0.1) is 12.7 Å². The lowest BCUT2D eigenvalue weighted by molar-refractivity contribution is -0.120. The van der Waals surface area contributed by atoms with Gasteiger partial charge in [-0.2, -0.15) is 0 Å². The molecule has 6 nitrogen and oxygen atoms in total. The smallest absolute Gasteiger partial charge is 0.343 e. The molecule has 0 saturated heterocycles. The summed E-state index contributed by atoms with van der Waals surface area (Å²) >= 11 is 12.3. The van der Waals surface area contributed by atoms with Gasteiger partial charge in [0, 0.05) is 10.7 Å². The largest absolute Gasteiger partial charge is 0.423 e. The van der Waals surface area contributed by atoms with Gasteiger partial charge in [-0.25, -0.2) is 14.1 Å². The molecule has 1 aliphatic heterocycles. The first kappa shape index (κ1) is 22.5. The van der Waals surface area contributed by atoms with Crippen LogP contribution in [0.4, 0.5) is 15.8 Å². The average molecular weight is 485 g/mol. The molecule has 166 valence electrons. The fourth-order valence-corrected chi connectivity index (χ4v) is 3.46. The molecule has 9 heteroatoms. The maximum atomic E-state index is 13.0. The highest BCUT2D eigenvalue weighted by Crippen LogP contribution is 2.32. The van der Waals surface area contributed by atoms with Gasteiger partial charge >= 0.3 is 5.97 Å².